The third-order valence-electron chi connectivity index (χ3n) is 4.38. The Morgan fingerprint density at radius 3 is 3.04 bits per heavy atom. The first-order valence-electron chi connectivity index (χ1n) is 8.00. The van der Waals surface area contributed by atoms with E-state index in [9.17, 15) is 13.2 Å². The fraction of sp³-hybridized carbons (Fsp3) is 0.438. The topological polar surface area (TPSA) is 70.8 Å². The van der Waals surface area contributed by atoms with Gasteiger partial charge in [0.05, 0.1) is 24.2 Å². The molecule has 0 bridgehead atoms. The Kier molecular flexibility index (Phi) is 3.95. The van der Waals surface area contributed by atoms with Crippen LogP contribution in [0.4, 0.5) is 13.2 Å². The molecule has 6 nitrogen and oxygen atoms in total. The summed E-state index contributed by atoms with van der Waals surface area (Å²) in [5.74, 6) is 0.809. The SMILES string of the molecule is FC(F)(F)CN1CCC(c2nc(Cc3ccc4cn[nH]c4c3)no2)C1. The van der Waals surface area contributed by atoms with Crippen LogP contribution in [-0.2, 0) is 6.42 Å². The maximum atomic E-state index is 12.5. The molecule has 1 saturated heterocycles. The lowest BCUT2D eigenvalue weighted by atomic mass is 10.1. The predicted molar refractivity (Wildman–Crippen MR) is 83.1 cm³/mol. The maximum Gasteiger partial charge on any atom is 0.401 e. The van der Waals surface area contributed by atoms with Gasteiger partial charge in [-0.25, -0.2) is 0 Å². The average Bonchev–Trinajstić information content (AvgIpc) is 3.25. The number of aromatic amines is 1. The third kappa shape index (κ3) is 3.65. The van der Waals surface area contributed by atoms with Crippen LogP contribution in [0.3, 0.4) is 0 Å². The first kappa shape index (κ1) is 16.1. The van der Waals surface area contributed by atoms with Crippen LogP contribution in [0.15, 0.2) is 28.9 Å². The molecule has 0 amide bonds. The Labute approximate surface area is 141 Å². The summed E-state index contributed by atoms with van der Waals surface area (Å²) in [6, 6.07) is 5.90. The Morgan fingerprint density at radius 1 is 1.32 bits per heavy atom. The largest absolute Gasteiger partial charge is 0.401 e. The number of fused-ring (bicyclic) bond motifs is 1. The second kappa shape index (κ2) is 6.14. The normalized spacial score (nSPS) is 19.1. The highest BCUT2D eigenvalue weighted by Gasteiger charge is 2.36. The van der Waals surface area contributed by atoms with Crippen molar-refractivity contribution in [1.82, 2.24) is 25.2 Å². The molecule has 3 heterocycles. The van der Waals surface area contributed by atoms with Crippen LogP contribution in [0.1, 0.15) is 29.6 Å². The number of aromatic nitrogens is 4. The van der Waals surface area contributed by atoms with Gasteiger partial charge in [0.1, 0.15) is 0 Å². The first-order valence-corrected chi connectivity index (χ1v) is 8.00. The summed E-state index contributed by atoms with van der Waals surface area (Å²) in [5, 5.41) is 11.9. The molecule has 1 unspecified atom stereocenters. The van der Waals surface area contributed by atoms with Crippen molar-refractivity contribution in [2.45, 2.75) is 24.9 Å². The van der Waals surface area contributed by atoms with Crippen LogP contribution >= 0.6 is 0 Å². The molecule has 1 N–H and O–H groups in total. The lowest BCUT2D eigenvalue weighted by Crippen LogP contribution is -2.32. The van der Waals surface area contributed by atoms with E-state index in [4.69, 9.17) is 4.52 Å². The van der Waals surface area contributed by atoms with Crippen molar-refractivity contribution in [3.8, 4) is 0 Å². The van der Waals surface area contributed by atoms with E-state index in [1.54, 1.807) is 6.20 Å². The van der Waals surface area contributed by atoms with E-state index in [0.29, 0.717) is 37.6 Å². The molecule has 0 spiro atoms. The molecule has 0 aliphatic carbocycles. The van der Waals surface area contributed by atoms with Gasteiger partial charge in [0.2, 0.25) is 5.89 Å². The lowest BCUT2D eigenvalue weighted by molar-refractivity contribution is -0.143. The van der Waals surface area contributed by atoms with Crippen LogP contribution in [0, 0.1) is 0 Å². The molecule has 0 saturated carbocycles. The lowest BCUT2D eigenvalue weighted by Gasteiger charge is -2.16. The Hall–Kier alpha value is -2.42. The van der Waals surface area contributed by atoms with Crippen molar-refractivity contribution in [1.29, 1.82) is 0 Å². The van der Waals surface area contributed by atoms with Gasteiger partial charge in [-0.1, -0.05) is 17.3 Å². The van der Waals surface area contributed by atoms with Gasteiger partial charge in [0, 0.05) is 18.4 Å². The molecule has 1 aliphatic rings. The number of benzene rings is 1. The number of likely N-dealkylation sites (tertiary alicyclic amines) is 1. The van der Waals surface area contributed by atoms with E-state index in [-0.39, 0.29) is 5.92 Å². The summed E-state index contributed by atoms with van der Waals surface area (Å²) in [5.41, 5.74) is 1.94. The Morgan fingerprint density at radius 2 is 2.20 bits per heavy atom. The van der Waals surface area contributed by atoms with Crippen LogP contribution in [0.2, 0.25) is 0 Å². The highest BCUT2D eigenvalue weighted by Crippen LogP contribution is 2.28. The first-order chi connectivity index (χ1) is 12.0. The van der Waals surface area contributed by atoms with Gasteiger partial charge in [0.25, 0.3) is 0 Å². The summed E-state index contributed by atoms with van der Waals surface area (Å²) in [7, 11) is 0. The minimum atomic E-state index is -4.18. The molecule has 0 radical (unpaired) electrons. The quantitative estimate of drug-likeness (QED) is 0.783. The van der Waals surface area contributed by atoms with E-state index in [0.717, 1.165) is 16.5 Å². The van der Waals surface area contributed by atoms with E-state index in [2.05, 4.69) is 20.3 Å². The number of nitrogens with one attached hydrogen (secondary N) is 1. The standard InChI is InChI=1S/C16H16F3N5O/c17-16(18,19)9-24-4-3-12(8-24)15-21-14(23-25-15)6-10-1-2-11-7-20-22-13(11)5-10/h1-2,5,7,12H,3-4,6,8-9H2,(H,20,22). The molecule has 1 fully saturated rings. The van der Waals surface area contributed by atoms with E-state index < -0.39 is 12.7 Å². The molecule has 2 aromatic heterocycles. The predicted octanol–water partition coefficient (Wildman–Crippen LogP) is 2.89. The minimum absolute atomic E-state index is 0.140. The van der Waals surface area contributed by atoms with Gasteiger partial charge < -0.3 is 4.52 Å². The highest BCUT2D eigenvalue weighted by atomic mass is 19.4. The molecule has 1 atom stereocenters. The summed E-state index contributed by atoms with van der Waals surface area (Å²) in [4.78, 5) is 5.75. The number of H-pyrrole nitrogens is 1. The van der Waals surface area contributed by atoms with Crippen LogP contribution in [0.25, 0.3) is 10.9 Å². The molecule has 132 valence electrons. The van der Waals surface area contributed by atoms with Crippen molar-refractivity contribution < 1.29 is 17.7 Å². The third-order valence-corrected chi connectivity index (χ3v) is 4.38. The van der Waals surface area contributed by atoms with Crippen molar-refractivity contribution in [2.75, 3.05) is 19.6 Å². The number of nitrogens with zero attached hydrogens (tertiary/aromatic N) is 4. The van der Waals surface area contributed by atoms with Crippen LogP contribution < -0.4 is 0 Å². The van der Waals surface area contributed by atoms with E-state index >= 15 is 0 Å². The van der Waals surface area contributed by atoms with Gasteiger partial charge in [-0.05, 0) is 24.6 Å². The van der Waals surface area contributed by atoms with Crippen LogP contribution in [0.5, 0.6) is 0 Å². The van der Waals surface area contributed by atoms with Crippen molar-refractivity contribution in [2.24, 2.45) is 0 Å². The monoisotopic (exact) mass is 351 g/mol. The van der Waals surface area contributed by atoms with Crippen molar-refractivity contribution >= 4 is 10.9 Å². The van der Waals surface area contributed by atoms with Crippen molar-refractivity contribution in [3.05, 3.63) is 41.7 Å². The number of alkyl halides is 3. The van der Waals surface area contributed by atoms with E-state index in [1.807, 2.05) is 18.2 Å². The van der Waals surface area contributed by atoms with Gasteiger partial charge in [-0.3, -0.25) is 10.00 Å². The number of hydrogen-bond acceptors (Lipinski definition) is 5. The van der Waals surface area contributed by atoms with Gasteiger partial charge >= 0.3 is 6.18 Å². The zero-order valence-corrected chi connectivity index (χ0v) is 13.3. The average molecular weight is 351 g/mol. The van der Waals surface area contributed by atoms with Gasteiger partial charge in [-0.15, -0.1) is 0 Å². The summed E-state index contributed by atoms with van der Waals surface area (Å²) in [6.45, 7) is -0.214. The molecule has 4 rings (SSSR count). The van der Waals surface area contributed by atoms with Crippen LogP contribution in [-0.4, -0.2) is 51.0 Å². The summed E-state index contributed by atoms with van der Waals surface area (Å²) in [6.07, 6.45) is -1.34. The zero-order valence-electron chi connectivity index (χ0n) is 13.3. The summed E-state index contributed by atoms with van der Waals surface area (Å²) < 4.78 is 42.7. The number of halogens is 3. The van der Waals surface area contributed by atoms with Gasteiger partial charge in [-0.2, -0.15) is 23.3 Å². The molecular weight excluding hydrogens is 335 g/mol. The molecular formula is C16H16F3N5O. The molecule has 3 aromatic rings. The molecule has 9 heteroatoms. The highest BCUT2D eigenvalue weighted by molar-refractivity contribution is 5.78. The van der Waals surface area contributed by atoms with Gasteiger partial charge in [0.15, 0.2) is 5.82 Å². The smallest absolute Gasteiger partial charge is 0.339 e. The summed E-state index contributed by atoms with van der Waals surface area (Å²) >= 11 is 0. The number of hydrogen-bond donors (Lipinski definition) is 1. The number of rotatable bonds is 4. The molecule has 1 aliphatic heterocycles. The molecule has 1 aromatic carbocycles. The van der Waals surface area contributed by atoms with Crippen molar-refractivity contribution in [3.63, 3.8) is 0 Å². The zero-order chi connectivity index (χ0) is 17.4. The second-order valence-corrected chi connectivity index (χ2v) is 6.35. The minimum Gasteiger partial charge on any atom is -0.339 e. The maximum absolute atomic E-state index is 12.5. The Balaban J connectivity index is 1.42. The second-order valence-electron chi connectivity index (χ2n) is 6.35. The fourth-order valence-corrected chi connectivity index (χ4v) is 3.21. The fourth-order valence-electron chi connectivity index (χ4n) is 3.21. The van der Waals surface area contributed by atoms with E-state index in [1.165, 1.54) is 4.90 Å². The Bertz CT molecular complexity index is 872. The molecule has 25 heavy (non-hydrogen) atoms.